The van der Waals surface area contributed by atoms with Crippen LogP contribution in [-0.2, 0) is 9.59 Å². The molecule has 138 valence electrons. The number of hydrogen-bond donors (Lipinski definition) is 1. The van der Waals surface area contributed by atoms with E-state index in [1.807, 2.05) is 0 Å². The summed E-state index contributed by atoms with van der Waals surface area (Å²) in [7, 11) is 0. The first-order valence-electron chi connectivity index (χ1n) is 8.00. The lowest BCUT2D eigenvalue weighted by atomic mass is 10.1. The fourth-order valence-corrected chi connectivity index (χ4v) is 3.19. The standard InChI is InChI=1S/C19H14Cl2N2O4/c1-2-27-16-14(20)9-11(10-15(16)21)8-13-17(24)22-19(26)23(18(13)25)12-6-4-3-5-7-12/h3-10H,2H2,1H3,(H,22,24,26)/b13-8-. The number of carbonyl (C=O) groups is 3. The van der Waals surface area contributed by atoms with Gasteiger partial charge in [0.2, 0.25) is 0 Å². The molecule has 2 aromatic rings. The van der Waals surface area contributed by atoms with Crippen LogP contribution in [0.1, 0.15) is 12.5 Å². The zero-order valence-corrected chi connectivity index (χ0v) is 15.7. The van der Waals surface area contributed by atoms with E-state index in [2.05, 4.69) is 5.32 Å². The molecule has 6 nitrogen and oxygen atoms in total. The van der Waals surface area contributed by atoms with Gasteiger partial charge in [0.05, 0.1) is 22.3 Å². The number of para-hydroxylation sites is 1. The third-order valence-electron chi connectivity index (χ3n) is 3.74. The Kier molecular flexibility index (Phi) is 5.48. The average Bonchev–Trinajstić information content (AvgIpc) is 2.62. The van der Waals surface area contributed by atoms with Crippen molar-refractivity contribution in [2.24, 2.45) is 0 Å². The van der Waals surface area contributed by atoms with Gasteiger partial charge in [-0.05, 0) is 42.8 Å². The van der Waals surface area contributed by atoms with Crippen molar-refractivity contribution in [3.63, 3.8) is 0 Å². The highest BCUT2D eigenvalue weighted by atomic mass is 35.5. The largest absolute Gasteiger partial charge is 0.491 e. The molecule has 8 heteroatoms. The smallest absolute Gasteiger partial charge is 0.335 e. The van der Waals surface area contributed by atoms with Crippen molar-refractivity contribution < 1.29 is 19.1 Å². The van der Waals surface area contributed by atoms with Gasteiger partial charge < -0.3 is 4.74 Å². The summed E-state index contributed by atoms with van der Waals surface area (Å²) >= 11 is 12.3. The van der Waals surface area contributed by atoms with Gasteiger partial charge in [0, 0.05) is 0 Å². The third-order valence-corrected chi connectivity index (χ3v) is 4.30. The summed E-state index contributed by atoms with van der Waals surface area (Å²) in [6.45, 7) is 2.18. The molecular formula is C19H14Cl2N2O4. The number of nitrogens with one attached hydrogen (secondary N) is 1. The van der Waals surface area contributed by atoms with Crippen molar-refractivity contribution in [2.45, 2.75) is 6.92 Å². The van der Waals surface area contributed by atoms with Crippen molar-refractivity contribution in [3.05, 3.63) is 63.6 Å². The molecule has 0 spiro atoms. The van der Waals surface area contributed by atoms with Gasteiger partial charge >= 0.3 is 6.03 Å². The zero-order valence-electron chi connectivity index (χ0n) is 14.2. The van der Waals surface area contributed by atoms with Gasteiger partial charge in [-0.2, -0.15) is 0 Å². The second kappa shape index (κ2) is 7.82. The SMILES string of the molecule is CCOc1c(Cl)cc(/C=C2/C(=O)NC(=O)N(c3ccccc3)C2=O)cc1Cl. The number of nitrogens with zero attached hydrogens (tertiary/aromatic N) is 1. The number of carbonyl (C=O) groups excluding carboxylic acids is 3. The van der Waals surface area contributed by atoms with E-state index in [0.717, 1.165) is 4.90 Å². The number of benzene rings is 2. The lowest BCUT2D eigenvalue weighted by Crippen LogP contribution is -2.54. The van der Waals surface area contributed by atoms with Gasteiger partial charge in [0.1, 0.15) is 5.57 Å². The van der Waals surface area contributed by atoms with E-state index in [0.29, 0.717) is 23.6 Å². The monoisotopic (exact) mass is 404 g/mol. The van der Waals surface area contributed by atoms with Crippen LogP contribution in [0.3, 0.4) is 0 Å². The highest BCUT2D eigenvalue weighted by Gasteiger charge is 2.36. The van der Waals surface area contributed by atoms with E-state index in [9.17, 15) is 14.4 Å². The van der Waals surface area contributed by atoms with Crippen LogP contribution < -0.4 is 15.0 Å². The molecule has 0 saturated carbocycles. The van der Waals surface area contributed by atoms with E-state index in [1.54, 1.807) is 37.3 Å². The number of rotatable bonds is 4. The van der Waals surface area contributed by atoms with E-state index < -0.39 is 17.8 Å². The van der Waals surface area contributed by atoms with Crippen LogP contribution in [0.5, 0.6) is 5.75 Å². The Bertz CT molecular complexity index is 934. The summed E-state index contributed by atoms with van der Waals surface area (Å²) in [5, 5.41) is 2.65. The summed E-state index contributed by atoms with van der Waals surface area (Å²) in [5.41, 5.74) is 0.560. The molecule has 27 heavy (non-hydrogen) atoms. The minimum absolute atomic E-state index is 0.213. The molecule has 0 unspecified atom stereocenters. The topological polar surface area (TPSA) is 75.7 Å². The predicted molar refractivity (Wildman–Crippen MR) is 103 cm³/mol. The molecule has 0 radical (unpaired) electrons. The molecule has 1 heterocycles. The molecular weight excluding hydrogens is 391 g/mol. The summed E-state index contributed by atoms with van der Waals surface area (Å²) in [6.07, 6.45) is 1.33. The zero-order chi connectivity index (χ0) is 19.6. The average molecular weight is 405 g/mol. The van der Waals surface area contributed by atoms with Gasteiger partial charge in [-0.15, -0.1) is 0 Å². The highest BCUT2D eigenvalue weighted by molar-refractivity contribution is 6.40. The van der Waals surface area contributed by atoms with Gasteiger partial charge in [-0.1, -0.05) is 41.4 Å². The molecule has 1 N–H and O–H groups in total. The van der Waals surface area contributed by atoms with Gasteiger partial charge in [0.15, 0.2) is 5.75 Å². The molecule has 4 amide bonds. The summed E-state index contributed by atoms with van der Waals surface area (Å²) in [5.74, 6) is -1.21. The van der Waals surface area contributed by atoms with Crippen LogP contribution in [0.25, 0.3) is 6.08 Å². The van der Waals surface area contributed by atoms with Gasteiger partial charge in [0.25, 0.3) is 11.8 Å². The van der Waals surface area contributed by atoms with E-state index >= 15 is 0 Å². The van der Waals surface area contributed by atoms with Gasteiger partial charge in [-0.25, -0.2) is 9.69 Å². The summed E-state index contributed by atoms with van der Waals surface area (Å²) < 4.78 is 5.36. The molecule has 0 atom stereocenters. The van der Waals surface area contributed by atoms with Crippen molar-refractivity contribution in [2.75, 3.05) is 11.5 Å². The van der Waals surface area contributed by atoms with Crippen molar-refractivity contribution in [1.29, 1.82) is 0 Å². The maximum absolute atomic E-state index is 12.8. The fourth-order valence-electron chi connectivity index (χ4n) is 2.58. The minimum Gasteiger partial charge on any atom is -0.491 e. The highest BCUT2D eigenvalue weighted by Crippen LogP contribution is 2.35. The number of ether oxygens (including phenoxy) is 1. The second-order valence-corrected chi connectivity index (χ2v) is 6.35. The first kappa shape index (κ1) is 18.9. The molecule has 1 fully saturated rings. The maximum Gasteiger partial charge on any atom is 0.335 e. The van der Waals surface area contributed by atoms with Crippen molar-refractivity contribution in [3.8, 4) is 5.75 Å². The van der Waals surface area contributed by atoms with E-state index in [-0.39, 0.29) is 15.6 Å². The molecule has 2 aromatic carbocycles. The quantitative estimate of drug-likeness (QED) is 0.615. The first-order valence-corrected chi connectivity index (χ1v) is 8.76. The van der Waals surface area contributed by atoms with Crippen LogP contribution in [0.15, 0.2) is 48.0 Å². The molecule has 0 aromatic heterocycles. The number of urea groups is 1. The molecule has 0 aliphatic carbocycles. The van der Waals surface area contributed by atoms with Crippen LogP contribution in [0.2, 0.25) is 10.0 Å². The molecule has 0 bridgehead atoms. The van der Waals surface area contributed by atoms with Crippen LogP contribution in [-0.4, -0.2) is 24.5 Å². The first-order chi connectivity index (χ1) is 12.9. The molecule has 1 aliphatic heterocycles. The second-order valence-electron chi connectivity index (χ2n) is 5.54. The summed E-state index contributed by atoms with van der Waals surface area (Å²) in [4.78, 5) is 38.0. The lowest BCUT2D eigenvalue weighted by molar-refractivity contribution is -0.122. The lowest BCUT2D eigenvalue weighted by Gasteiger charge is -2.26. The normalized spacial score (nSPS) is 15.9. The third kappa shape index (κ3) is 3.82. The fraction of sp³-hybridized carbons (Fsp3) is 0.105. The van der Waals surface area contributed by atoms with Crippen LogP contribution >= 0.6 is 23.2 Å². The van der Waals surface area contributed by atoms with E-state index in [1.165, 1.54) is 18.2 Å². The Morgan fingerprint density at radius 2 is 1.70 bits per heavy atom. The Hall–Kier alpha value is -2.83. The number of anilines is 1. The predicted octanol–water partition coefficient (Wildman–Crippen LogP) is 4.06. The number of hydrogen-bond acceptors (Lipinski definition) is 4. The van der Waals surface area contributed by atoms with Crippen molar-refractivity contribution >= 4 is 52.8 Å². The van der Waals surface area contributed by atoms with Crippen LogP contribution in [0.4, 0.5) is 10.5 Å². The number of barbiturate groups is 1. The Balaban J connectivity index is 2.01. The van der Waals surface area contributed by atoms with Gasteiger partial charge in [-0.3, -0.25) is 14.9 Å². The number of amides is 4. The van der Waals surface area contributed by atoms with Crippen molar-refractivity contribution in [1.82, 2.24) is 5.32 Å². The Morgan fingerprint density at radius 3 is 2.30 bits per heavy atom. The summed E-state index contributed by atoms with van der Waals surface area (Å²) in [6, 6.07) is 10.5. The van der Waals surface area contributed by atoms with Crippen LogP contribution in [0, 0.1) is 0 Å². The van der Waals surface area contributed by atoms with E-state index in [4.69, 9.17) is 27.9 Å². The minimum atomic E-state index is -0.809. The number of halogens is 2. The number of imide groups is 2. The Labute approximate surface area is 165 Å². The molecule has 1 saturated heterocycles. The Morgan fingerprint density at radius 1 is 1.07 bits per heavy atom. The molecule has 3 rings (SSSR count). The molecule has 1 aliphatic rings. The maximum atomic E-state index is 12.8.